The van der Waals surface area contributed by atoms with E-state index in [1.165, 1.54) is 19.1 Å². The summed E-state index contributed by atoms with van der Waals surface area (Å²) in [5, 5.41) is 12.7. The zero-order chi connectivity index (χ0) is 23.9. The fourth-order valence-corrected chi connectivity index (χ4v) is 2.96. The summed E-state index contributed by atoms with van der Waals surface area (Å²) in [6.45, 7) is 2.97. The summed E-state index contributed by atoms with van der Waals surface area (Å²) >= 11 is 0. The van der Waals surface area contributed by atoms with Gasteiger partial charge in [0.05, 0.1) is 12.5 Å². The number of benzene rings is 1. The zero-order valence-corrected chi connectivity index (χ0v) is 17.4. The third kappa shape index (κ3) is 7.63. The normalized spacial score (nSPS) is 16.3. The second kappa shape index (κ2) is 11.1. The first kappa shape index (κ1) is 25.3. The van der Waals surface area contributed by atoms with E-state index in [0.29, 0.717) is 5.56 Å². The molecular formula is C19H23BF3NO8. The fourth-order valence-electron chi connectivity index (χ4n) is 2.96. The molecule has 2 rings (SSSR count). The number of para-hydroxylation sites is 1. The van der Waals surface area contributed by atoms with Crippen LogP contribution in [0.2, 0.25) is 0 Å². The monoisotopic (exact) mass is 461 g/mol. The number of halogens is 3. The first-order chi connectivity index (χ1) is 15.0. The summed E-state index contributed by atoms with van der Waals surface area (Å²) in [4.78, 5) is 35.7. The molecule has 1 aromatic carbocycles. The van der Waals surface area contributed by atoms with E-state index in [0.717, 1.165) is 0 Å². The Morgan fingerprint density at radius 1 is 1.31 bits per heavy atom. The number of esters is 1. The van der Waals surface area contributed by atoms with Crippen LogP contribution in [-0.2, 0) is 25.4 Å². The molecule has 1 aliphatic heterocycles. The number of alkyl halides is 3. The van der Waals surface area contributed by atoms with Gasteiger partial charge in [0.1, 0.15) is 11.3 Å². The third-order valence-electron chi connectivity index (χ3n) is 4.35. The lowest BCUT2D eigenvalue weighted by Gasteiger charge is -2.29. The average Bonchev–Trinajstić information content (AvgIpc) is 2.67. The lowest BCUT2D eigenvalue weighted by molar-refractivity contribution is -0.137. The Labute approximate surface area is 182 Å². The molecule has 1 heterocycles. The first-order valence-corrected chi connectivity index (χ1v) is 9.87. The largest absolute Gasteiger partial charge is 0.547 e. The Kier molecular flexibility index (Phi) is 8.76. The van der Waals surface area contributed by atoms with E-state index < -0.39 is 50.0 Å². The Bertz CT molecular complexity index is 835. The molecular weight excluding hydrogens is 438 g/mol. The maximum atomic E-state index is 12.5. The molecule has 1 aromatic rings. The van der Waals surface area contributed by atoms with Gasteiger partial charge in [-0.3, -0.25) is 4.79 Å². The maximum Gasteiger partial charge on any atom is 0.547 e. The van der Waals surface area contributed by atoms with E-state index in [4.69, 9.17) is 14.1 Å². The molecule has 9 nitrogen and oxygen atoms in total. The zero-order valence-electron chi connectivity index (χ0n) is 17.4. The number of fused-ring (bicyclic) bond motifs is 1. The van der Waals surface area contributed by atoms with Gasteiger partial charge in [0, 0.05) is 19.8 Å². The SMILES string of the molecule is CCOC(=O)OC(C)OC(=O)c1cccc2c1OB(O)C(NC(=O)CCCC(F)(F)F)C2. The molecule has 0 bridgehead atoms. The minimum Gasteiger partial charge on any atom is -0.534 e. The van der Waals surface area contributed by atoms with Crippen LogP contribution in [-0.4, -0.2) is 55.2 Å². The molecule has 0 radical (unpaired) electrons. The van der Waals surface area contributed by atoms with E-state index >= 15 is 0 Å². The summed E-state index contributed by atoms with van der Waals surface area (Å²) in [7, 11) is -1.55. The van der Waals surface area contributed by atoms with Gasteiger partial charge in [-0.2, -0.15) is 13.2 Å². The molecule has 0 aliphatic carbocycles. The average molecular weight is 461 g/mol. The van der Waals surface area contributed by atoms with Crippen molar-refractivity contribution < 1.29 is 51.4 Å². The van der Waals surface area contributed by atoms with Crippen LogP contribution in [0.15, 0.2) is 18.2 Å². The molecule has 13 heteroatoms. The van der Waals surface area contributed by atoms with Crippen molar-refractivity contribution in [3.05, 3.63) is 29.3 Å². The molecule has 1 aliphatic rings. The molecule has 2 unspecified atom stereocenters. The predicted molar refractivity (Wildman–Crippen MR) is 104 cm³/mol. The number of nitrogens with one attached hydrogen (secondary N) is 1. The predicted octanol–water partition coefficient (Wildman–Crippen LogP) is 2.53. The molecule has 2 atom stereocenters. The molecule has 2 N–H and O–H groups in total. The van der Waals surface area contributed by atoms with E-state index in [1.807, 2.05) is 0 Å². The number of carbonyl (C=O) groups excluding carboxylic acids is 3. The van der Waals surface area contributed by atoms with Gasteiger partial charge >= 0.3 is 25.4 Å². The number of hydrogen-bond acceptors (Lipinski definition) is 8. The van der Waals surface area contributed by atoms with Crippen LogP contribution in [0.3, 0.4) is 0 Å². The second-order valence-corrected chi connectivity index (χ2v) is 6.92. The minimum absolute atomic E-state index is 0.0240. The lowest BCUT2D eigenvalue weighted by Crippen LogP contribution is -2.53. The van der Waals surface area contributed by atoms with Gasteiger partial charge in [-0.25, -0.2) is 9.59 Å². The van der Waals surface area contributed by atoms with Crippen LogP contribution < -0.4 is 9.97 Å². The van der Waals surface area contributed by atoms with Crippen molar-refractivity contribution in [3.63, 3.8) is 0 Å². The minimum atomic E-state index is -4.35. The van der Waals surface area contributed by atoms with E-state index in [2.05, 4.69) is 10.1 Å². The number of carbonyl (C=O) groups is 3. The van der Waals surface area contributed by atoms with E-state index in [9.17, 15) is 32.6 Å². The van der Waals surface area contributed by atoms with Crippen molar-refractivity contribution in [2.45, 2.75) is 57.9 Å². The highest BCUT2D eigenvalue weighted by Crippen LogP contribution is 2.31. The van der Waals surface area contributed by atoms with Crippen LogP contribution in [0.5, 0.6) is 5.75 Å². The number of amides is 1. The fraction of sp³-hybridized carbons (Fsp3) is 0.526. The van der Waals surface area contributed by atoms with Crippen LogP contribution in [0.25, 0.3) is 0 Å². The molecule has 176 valence electrons. The molecule has 32 heavy (non-hydrogen) atoms. The van der Waals surface area contributed by atoms with Gasteiger partial charge in [0.2, 0.25) is 12.2 Å². The van der Waals surface area contributed by atoms with E-state index in [-0.39, 0.29) is 37.2 Å². The van der Waals surface area contributed by atoms with Crippen LogP contribution >= 0.6 is 0 Å². The highest BCUT2D eigenvalue weighted by atomic mass is 19.4. The topological polar surface area (TPSA) is 120 Å². The van der Waals surface area contributed by atoms with Crippen molar-refractivity contribution in [1.29, 1.82) is 0 Å². The van der Waals surface area contributed by atoms with Gasteiger partial charge in [-0.15, -0.1) is 0 Å². The number of rotatable bonds is 8. The Morgan fingerprint density at radius 2 is 2.03 bits per heavy atom. The van der Waals surface area contributed by atoms with Gasteiger partial charge in [-0.05, 0) is 31.4 Å². The highest BCUT2D eigenvalue weighted by molar-refractivity contribution is 6.47. The molecule has 0 fully saturated rings. The second-order valence-electron chi connectivity index (χ2n) is 6.92. The van der Waals surface area contributed by atoms with Crippen molar-refractivity contribution in [1.82, 2.24) is 5.32 Å². The molecule has 0 spiro atoms. The van der Waals surface area contributed by atoms with Crippen LogP contribution in [0, 0.1) is 0 Å². The molecule has 0 saturated carbocycles. The third-order valence-corrected chi connectivity index (χ3v) is 4.35. The molecule has 0 saturated heterocycles. The highest BCUT2D eigenvalue weighted by Gasteiger charge is 2.38. The van der Waals surface area contributed by atoms with Gasteiger partial charge < -0.3 is 29.2 Å². The van der Waals surface area contributed by atoms with Crippen LogP contribution in [0.4, 0.5) is 18.0 Å². The van der Waals surface area contributed by atoms with Crippen molar-refractivity contribution >= 4 is 25.2 Å². The number of ether oxygens (including phenoxy) is 3. The Morgan fingerprint density at radius 3 is 2.69 bits per heavy atom. The van der Waals surface area contributed by atoms with E-state index in [1.54, 1.807) is 13.0 Å². The van der Waals surface area contributed by atoms with Gasteiger partial charge in [-0.1, -0.05) is 12.1 Å². The van der Waals surface area contributed by atoms with Crippen LogP contribution in [0.1, 0.15) is 49.0 Å². The summed E-state index contributed by atoms with van der Waals surface area (Å²) in [6.07, 6.45) is -8.37. The summed E-state index contributed by atoms with van der Waals surface area (Å²) in [6, 6.07) is 4.50. The van der Waals surface area contributed by atoms with Crippen molar-refractivity contribution in [3.8, 4) is 5.75 Å². The summed E-state index contributed by atoms with van der Waals surface area (Å²) in [5.41, 5.74) is 0.417. The van der Waals surface area contributed by atoms with Gasteiger partial charge in [0.25, 0.3) is 0 Å². The van der Waals surface area contributed by atoms with Crippen molar-refractivity contribution in [2.75, 3.05) is 6.61 Å². The summed E-state index contributed by atoms with van der Waals surface area (Å²) in [5.74, 6) is -2.44. The first-order valence-electron chi connectivity index (χ1n) is 9.87. The van der Waals surface area contributed by atoms with Gasteiger partial charge in [0.15, 0.2) is 0 Å². The molecule has 0 aromatic heterocycles. The number of hydrogen-bond donors (Lipinski definition) is 2. The summed E-state index contributed by atoms with van der Waals surface area (Å²) < 4.78 is 56.4. The lowest BCUT2D eigenvalue weighted by atomic mass is 9.72. The Hall–Kier alpha value is -2.96. The standard InChI is InChI=1S/C19H23BF3NO8/c1-3-29-18(27)31-11(2)30-17(26)13-7-4-6-12-10-14(20(28)32-16(12)13)24-15(25)8-5-9-19(21,22)23/h4,6-7,11,14,28H,3,5,8-10H2,1-2H3,(H,24,25). The molecule has 1 amide bonds. The Balaban J connectivity index is 1.99. The quantitative estimate of drug-likeness (QED) is 0.344. The smallest absolute Gasteiger partial charge is 0.534 e. The van der Waals surface area contributed by atoms with Crippen molar-refractivity contribution in [2.24, 2.45) is 0 Å². The maximum absolute atomic E-state index is 12.5.